The zero-order valence-electron chi connectivity index (χ0n) is 27.0. The van der Waals surface area contributed by atoms with Gasteiger partial charge >= 0.3 is 5.97 Å². The van der Waals surface area contributed by atoms with Crippen LogP contribution in [0, 0.1) is 18.2 Å². The van der Waals surface area contributed by atoms with E-state index in [9.17, 15) is 18.8 Å². The maximum Gasteiger partial charge on any atom is 0.340 e. The maximum absolute atomic E-state index is 13.3. The number of esters is 1. The first-order valence-electron chi connectivity index (χ1n) is 15.2. The summed E-state index contributed by atoms with van der Waals surface area (Å²) in [7, 11) is 0. The van der Waals surface area contributed by atoms with Crippen LogP contribution in [-0.4, -0.2) is 64.1 Å². The van der Waals surface area contributed by atoms with Gasteiger partial charge in [0.2, 0.25) is 0 Å². The fraction of sp³-hybridized carbons (Fsp3) is 0.545. The molecule has 44 heavy (non-hydrogen) atoms. The van der Waals surface area contributed by atoms with E-state index in [1.54, 1.807) is 36.6 Å². The number of amides is 1. The van der Waals surface area contributed by atoms with Gasteiger partial charge in [-0.1, -0.05) is 32.9 Å². The van der Waals surface area contributed by atoms with Crippen molar-refractivity contribution in [1.29, 1.82) is 0 Å². The van der Waals surface area contributed by atoms with Crippen molar-refractivity contribution in [3.63, 3.8) is 0 Å². The molecule has 238 valence electrons. The van der Waals surface area contributed by atoms with Gasteiger partial charge in [-0.25, -0.2) is 14.2 Å². The average molecular weight is 610 g/mol. The van der Waals surface area contributed by atoms with E-state index in [-0.39, 0.29) is 35.9 Å². The van der Waals surface area contributed by atoms with E-state index in [1.807, 2.05) is 27.7 Å². The zero-order chi connectivity index (χ0) is 32.4. The van der Waals surface area contributed by atoms with E-state index in [0.717, 1.165) is 12.8 Å². The van der Waals surface area contributed by atoms with Gasteiger partial charge in [-0.2, -0.15) is 9.61 Å². The Balaban J connectivity index is 1.71. The number of nitrogens with one attached hydrogen (secondary N) is 1. The molecule has 1 fully saturated rings. The van der Waals surface area contributed by atoms with Crippen molar-refractivity contribution in [3.05, 3.63) is 58.7 Å². The molecule has 2 unspecified atom stereocenters. The number of aromatic nitrogens is 3. The number of ketones is 1. The maximum atomic E-state index is 13.3. The lowest BCUT2D eigenvalue weighted by Gasteiger charge is -2.39. The summed E-state index contributed by atoms with van der Waals surface area (Å²) in [5.41, 5.74) is 1.77. The highest BCUT2D eigenvalue weighted by atomic mass is 19.1. The molecule has 1 saturated heterocycles. The number of aryl methyl sites for hydroxylation is 1. The summed E-state index contributed by atoms with van der Waals surface area (Å²) in [6, 6.07) is 7.30. The lowest BCUT2D eigenvalue weighted by Crippen LogP contribution is -2.40. The Bertz CT molecular complexity index is 1520. The number of anilines is 1. The molecule has 2 atom stereocenters. The summed E-state index contributed by atoms with van der Waals surface area (Å²) in [5, 5.41) is 7.31. The highest BCUT2D eigenvalue weighted by molar-refractivity contribution is 5.97. The molecule has 1 aliphatic rings. The standard InChI is InChI=1S/C33H44FN5O5/c1-9-43-31(42)28(44-32(4,5)6)27-21(3)36-26-18-24(37-39(26)30(27)38-16-14-33(7,8)15-17-38)29(41)35-19-25(40)20(2)22-10-12-23(34)13-11-22/h10-13,18,20,28H,9,14-17,19H2,1-8H3,(H,35,41). The van der Waals surface area contributed by atoms with Crippen molar-refractivity contribution in [3.8, 4) is 0 Å². The van der Waals surface area contributed by atoms with Crippen molar-refractivity contribution in [2.24, 2.45) is 5.41 Å². The predicted octanol–water partition coefficient (Wildman–Crippen LogP) is 5.33. The summed E-state index contributed by atoms with van der Waals surface area (Å²) in [6.07, 6.45) is 0.772. The minimum Gasteiger partial charge on any atom is -0.464 e. The number of piperidine rings is 1. The predicted molar refractivity (Wildman–Crippen MR) is 165 cm³/mol. The molecule has 3 heterocycles. The van der Waals surface area contributed by atoms with Crippen LogP contribution in [0.1, 0.15) is 101 Å². The van der Waals surface area contributed by atoms with Crippen molar-refractivity contribution < 1.29 is 28.2 Å². The van der Waals surface area contributed by atoms with Crippen LogP contribution in [0.15, 0.2) is 30.3 Å². The first-order valence-corrected chi connectivity index (χ1v) is 15.2. The summed E-state index contributed by atoms with van der Waals surface area (Å²) < 4.78 is 26.7. The third-order valence-electron chi connectivity index (χ3n) is 7.96. The van der Waals surface area contributed by atoms with Crippen molar-refractivity contribution in [2.75, 3.05) is 31.1 Å². The number of halogens is 1. The molecule has 4 rings (SSSR count). The smallest absolute Gasteiger partial charge is 0.340 e. The third-order valence-corrected chi connectivity index (χ3v) is 7.96. The molecule has 0 spiro atoms. The highest BCUT2D eigenvalue weighted by Gasteiger charge is 2.37. The molecular formula is C33H44FN5O5. The molecule has 2 aromatic heterocycles. The molecule has 1 aliphatic heterocycles. The van der Waals surface area contributed by atoms with Crippen molar-refractivity contribution in [1.82, 2.24) is 19.9 Å². The number of nitrogens with zero attached hydrogens (tertiary/aromatic N) is 4. The Morgan fingerprint density at radius 3 is 2.34 bits per heavy atom. The number of hydrogen-bond donors (Lipinski definition) is 1. The van der Waals surface area contributed by atoms with Crippen molar-refractivity contribution in [2.45, 2.75) is 85.9 Å². The average Bonchev–Trinajstić information content (AvgIpc) is 3.37. The lowest BCUT2D eigenvalue weighted by molar-refractivity contribution is -0.166. The van der Waals surface area contributed by atoms with Crippen LogP contribution in [0.25, 0.3) is 5.65 Å². The molecule has 1 amide bonds. The van der Waals surface area contributed by atoms with Crippen molar-refractivity contribution >= 4 is 29.1 Å². The van der Waals surface area contributed by atoms with E-state index < -0.39 is 29.5 Å². The van der Waals surface area contributed by atoms with E-state index in [0.29, 0.717) is 41.4 Å². The number of carbonyl (C=O) groups excluding carboxylic acids is 3. The fourth-order valence-corrected chi connectivity index (χ4v) is 5.31. The van der Waals surface area contributed by atoms with Crippen LogP contribution in [0.4, 0.5) is 10.2 Å². The fourth-order valence-electron chi connectivity index (χ4n) is 5.31. The molecule has 1 N–H and O–H groups in total. The Labute approximate surface area is 258 Å². The van der Waals surface area contributed by atoms with Crippen LogP contribution in [0.5, 0.6) is 0 Å². The second kappa shape index (κ2) is 13.0. The van der Waals surface area contributed by atoms with Crippen LogP contribution in [-0.2, 0) is 19.1 Å². The minimum atomic E-state index is -1.07. The lowest BCUT2D eigenvalue weighted by atomic mass is 9.82. The van der Waals surface area contributed by atoms with E-state index >= 15 is 0 Å². The quantitative estimate of drug-likeness (QED) is 0.307. The van der Waals surface area contributed by atoms with Crippen LogP contribution >= 0.6 is 0 Å². The molecule has 0 aliphatic carbocycles. The largest absolute Gasteiger partial charge is 0.464 e. The second-order valence-corrected chi connectivity index (χ2v) is 13.2. The van der Waals surface area contributed by atoms with Crippen LogP contribution < -0.4 is 10.2 Å². The molecule has 0 saturated carbocycles. The van der Waals surface area contributed by atoms with Crippen LogP contribution in [0.2, 0.25) is 0 Å². The molecule has 3 aromatic rings. The number of benzene rings is 1. The molecule has 0 radical (unpaired) electrons. The number of Topliss-reactive ketones (excluding diaryl/α,β-unsaturated/α-hetero) is 1. The zero-order valence-corrected chi connectivity index (χ0v) is 27.0. The monoisotopic (exact) mass is 609 g/mol. The Hall–Kier alpha value is -3.86. The Morgan fingerprint density at radius 2 is 1.75 bits per heavy atom. The van der Waals surface area contributed by atoms with Gasteiger partial charge in [0.25, 0.3) is 5.91 Å². The minimum absolute atomic E-state index is 0.0827. The first-order chi connectivity index (χ1) is 20.6. The van der Waals surface area contributed by atoms with Gasteiger partial charge in [-0.3, -0.25) is 9.59 Å². The molecule has 1 aromatic carbocycles. The van der Waals surface area contributed by atoms with Gasteiger partial charge in [-0.15, -0.1) is 0 Å². The number of carbonyl (C=O) groups is 3. The first kappa shape index (κ1) is 33.0. The Morgan fingerprint density at radius 1 is 1.11 bits per heavy atom. The van der Waals surface area contributed by atoms with Gasteiger partial charge in [-0.05, 0) is 70.6 Å². The van der Waals surface area contributed by atoms with Crippen LogP contribution in [0.3, 0.4) is 0 Å². The molecule has 10 nitrogen and oxygen atoms in total. The van der Waals surface area contributed by atoms with Gasteiger partial charge in [0, 0.05) is 30.8 Å². The second-order valence-electron chi connectivity index (χ2n) is 13.2. The summed E-state index contributed by atoms with van der Waals surface area (Å²) in [4.78, 5) is 46.3. The third kappa shape index (κ3) is 7.61. The molecular weight excluding hydrogens is 565 g/mol. The van der Waals surface area contributed by atoms with E-state index in [1.165, 1.54) is 12.1 Å². The van der Waals surface area contributed by atoms with Gasteiger partial charge in [0.15, 0.2) is 23.2 Å². The van der Waals surface area contributed by atoms with Gasteiger partial charge in [0.1, 0.15) is 11.6 Å². The normalized spacial score (nSPS) is 16.4. The van der Waals surface area contributed by atoms with Gasteiger partial charge < -0.3 is 19.7 Å². The number of hydrogen-bond acceptors (Lipinski definition) is 8. The molecule has 11 heteroatoms. The van der Waals surface area contributed by atoms with E-state index in [4.69, 9.17) is 14.5 Å². The summed E-state index contributed by atoms with van der Waals surface area (Å²) in [6.45, 7) is 16.7. The SMILES string of the molecule is CCOC(=O)C(OC(C)(C)C)c1c(C)nc2cc(C(=O)NCC(=O)C(C)c3ccc(F)cc3)nn2c1N1CCC(C)(C)CC1. The number of fused-ring (bicyclic) bond motifs is 1. The van der Waals surface area contributed by atoms with E-state index in [2.05, 4.69) is 29.2 Å². The summed E-state index contributed by atoms with van der Waals surface area (Å²) >= 11 is 0. The number of rotatable bonds is 10. The van der Waals surface area contributed by atoms with Gasteiger partial charge in [0.05, 0.1) is 24.3 Å². The number of ether oxygens (including phenoxy) is 2. The topological polar surface area (TPSA) is 115 Å². The highest BCUT2D eigenvalue weighted by Crippen LogP contribution is 2.39. The molecule has 0 bridgehead atoms. The Kier molecular flexibility index (Phi) is 9.77. The summed E-state index contributed by atoms with van der Waals surface area (Å²) in [5.74, 6) is -1.56.